The molecule has 3 aromatic rings. The molecule has 5 rings (SSSR count). The van der Waals surface area contributed by atoms with Crippen LogP contribution in [0.3, 0.4) is 0 Å². The van der Waals surface area contributed by atoms with Crippen LogP contribution in [0.4, 0.5) is 10.1 Å². The topological polar surface area (TPSA) is 63.2 Å². The molecule has 1 saturated carbocycles. The van der Waals surface area contributed by atoms with Gasteiger partial charge in [-0.3, -0.25) is 0 Å². The molecule has 220 valence electrons. The molecular weight excluding hydrogens is 519 g/mol. The number of nitrogens with zero attached hydrogens (tertiary/aromatic N) is 1. The van der Waals surface area contributed by atoms with Gasteiger partial charge in [0.2, 0.25) is 0 Å². The molecule has 0 amide bonds. The molecule has 2 aliphatic carbocycles. The van der Waals surface area contributed by atoms with Gasteiger partial charge < -0.3 is 29.5 Å². The van der Waals surface area contributed by atoms with E-state index in [0.717, 1.165) is 56.1 Å². The SMILES string of the molecule is CCN(Cc1ccc(OCCNCC2CCC2)c(F)c1)c1cc(OC)c(OC)cc1C1CCc2cc(O)ccc2C1. The molecule has 6 nitrogen and oxygen atoms in total. The van der Waals surface area contributed by atoms with Gasteiger partial charge in [0, 0.05) is 31.4 Å². The number of methoxy groups -OCH3 is 2. The lowest BCUT2D eigenvalue weighted by atomic mass is 9.79. The average Bonchev–Trinajstić information content (AvgIpc) is 2.96. The fraction of sp³-hybridized carbons (Fsp3) is 0.471. The summed E-state index contributed by atoms with van der Waals surface area (Å²) in [6.07, 6.45) is 6.70. The zero-order valence-electron chi connectivity index (χ0n) is 24.5. The van der Waals surface area contributed by atoms with Crippen LogP contribution in [0.1, 0.15) is 60.8 Å². The molecule has 1 atom stereocenters. The third-order valence-corrected chi connectivity index (χ3v) is 8.68. The number of benzene rings is 3. The van der Waals surface area contributed by atoms with E-state index in [0.29, 0.717) is 36.1 Å². The maximum atomic E-state index is 15.0. The molecule has 0 aromatic heterocycles. The maximum Gasteiger partial charge on any atom is 0.165 e. The number of phenols is 1. The lowest BCUT2D eigenvalue weighted by molar-refractivity contribution is 0.270. The van der Waals surface area contributed by atoms with Crippen molar-refractivity contribution in [2.75, 3.05) is 45.4 Å². The van der Waals surface area contributed by atoms with E-state index in [1.807, 2.05) is 18.2 Å². The van der Waals surface area contributed by atoms with Gasteiger partial charge in [-0.2, -0.15) is 0 Å². The highest BCUT2D eigenvalue weighted by molar-refractivity contribution is 5.64. The Bertz CT molecular complexity index is 1330. The summed E-state index contributed by atoms with van der Waals surface area (Å²) in [6, 6.07) is 15.1. The number of aromatic hydroxyl groups is 1. The van der Waals surface area contributed by atoms with E-state index in [4.69, 9.17) is 14.2 Å². The molecule has 0 saturated heterocycles. The summed E-state index contributed by atoms with van der Waals surface area (Å²) in [5.41, 5.74) is 5.61. The van der Waals surface area contributed by atoms with Crippen LogP contribution in [0.15, 0.2) is 48.5 Å². The Balaban J connectivity index is 1.32. The van der Waals surface area contributed by atoms with Gasteiger partial charge in [0.25, 0.3) is 0 Å². The Kier molecular flexibility index (Phi) is 9.55. The largest absolute Gasteiger partial charge is 0.508 e. The van der Waals surface area contributed by atoms with E-state index < -0.39 is 0 Å². The van der Waals surface area contributed by atoms with Crippen LogP contribution >= 0.6 is 0 Å². The van der Waals surface area contributed by atoms with Crippen LogP contribution in [0.2, 0.25) is 0 Å². The Morgan fingerprint density at radius 3 is 2.46 bits per heavy atom. The molecule has 41 heavy (non-hydrogen) atoms. The molecule has 0 bridgehead atoms. The number of aryl methyl sites for hydroxylation is 1. The van der Waals surface area contributed by atoms with Crippen molar-refractivity contribution in [3.63, 3.8) is 0 Å². The highest BCUT2D eigenvalue weighted by atomic mass is 19.1. The Morgan fingerprint density at radius 2 is 1.76 bits per heavy atom. The lowest BCUT2D eigenvalue weighted by Gasteiger charge is -2.32. The smallest absolute Gasteiger partial charge is 0.165 e. The molecular formula is C34H43FN2O4. The molecule has 0 spiro atoms. The molecule has 1 unspecified atom stereocenters. The van der Waals surface area contributed by atoms with Gasteiger partial charge in [0.1, 0.15) is 12.4 Å². The number of halogens is 1. The summed E-state index contributed by atoms with van der Waals surface area (Å²) in [4.78, 5) is 2.27. The summed E-state index contributed by atoms with van der Waals surface area (Å²) >= 11 is 0. The minimum atomic E-state index is -0.336. The highest BCUT2D eigenvalue weighted by Crippen LogP contribution is 2.43. The first-order valence-corrected chi connectivity index (χ1v) is 14.9. The molecule has 3 aromatic carbocycles. The van der Waals surface area contributed by atoms with Gasteiger partial charge in [0.15, 0.2) is 23.1 Å². The van der Waals surface area contributed by atoms with E-state index in [1.54, 1.807) is 32.4 Å². The molecule has 7 heteroatoms. The summed E-state index contributed by atoms with van der Waals surface area (Å²) < 4.78 is 32.2. The average molecular weight is 563 g/mol. The van der Waals surface area contributed by atoms with E-state index >= 15 is 4.39 Å². The van der Waals surface area contributed by atoms with Gasteiger partial charge in [-0.05, 0) is 110 Å². The van der Waals surface area contributed by atoms with Crippen molar-refractivity contribution in [1.29, 1.82) is 0 Å². The van der Waals surface area contributed by atoms with Crippen LogP contribution in [-0.4, -0.2) is 45.6 Å². The monoisotopic (exact) mass is 562 g/mol. The van der Waals surface area contributed by atoms with E-state index in [2.05, 4.69) is 29.3 Å². The number of rotatable bonds is 13. The number of phenolic OH excluding ortho intramolecular Hbond substituents is 1. The summed E-state index contributed by atoms with van der Waals surface area (Å²) in [5, 5.41) is 13.4. The first-order valence-electron chi connectivity index (χ1n) is 14.9. The number of ether oxygens (including phenoxy) is 3. The second-order valence-corrected chi connectivity index (χ2v) is 11.3. The predicted molar refractivity (Wildman–Crippen MR) is 161 cm³/mol. The fourth-order valence-electron chi connectivity index (χ4n) is 6.08. The second kappa shape index (κ2) is 13.5. The van der Waals surface area contributed by atoms with Crippen molar-refractivity contribution in [3.05, 3.63) is 76.6 Å². The highest BCUT2D eigenvalue weighted by Gasteiger charge is 2.26. The first kappa shape index (κ1) is 29.1. The van der Waals surface area contributed by atoms with Crippen LogP contribution in [0, 0.1) is 11.7 Å². The number of nitrogens with one attached hydrogen (secondary N) is 1. The number of hydrogen-bond acceptors (Lipinski definition) is 6. The van der Waals surface area contributed by atoms with E-state index in [9.17, 15) is 5.11 Å². The number of hydrogen-bond donors (Lipinski definition) is 2. The quantitative estimate of drug-likeness (QED) is 0.229. The van der Waals surface area contributed by atoms with Gasteiger partial charge >= 0.3 is 0 Å². The van der Waals surface area contributed by atoms with Crippen LogP contribution in [0.5, 0.6) is 23.0 Å². The van der Waals surface area contributed by atoms with Crippen LogP contribution in [0.25, 0.3) is 0 Å². The van der Waals surface area contributed by atoms with Gasteiger partial charge in [-0.15, -0.1) is 0 Å². The van der Waals surface area contributed by atoms with Crippen molar-refractivity contribution in [3.8, 4) is 23.0 Å². The standard InChI is InChI=1S/C34H43FN2O4/c1-4-37(22-24-8-13-32(30(35)16-24)41-15-14-36-21-23-6-5-7-23)31-20-34(40-3)33(39-2)19-29(31)27-10-9-26-18-28(38)12-11-25(26)17-27/h8,11-13,16,18-20,23,27,36,38H,4-7,9-10,14-15,17,21-22H2,1-3H3. The van der Waals surface area contributed by atoms with Gasteiger partial charge in [-0.25, -0.2) is 4.39 Å². The lowest BCUT2D eigenvalue weighted by Crippen LogP contribution is -2.30. The zero-order valence-corrected chi connectivity index (χ0v) is 24.5. The fourth-order valence-corrected chi connectivity index (χ4v) is 6.08. The Labute approximate surface area is 243 Å². The van der Waals surface area contributed by atoms with E-state index in [1.165, 1.54) is 36.0 Å². The van der Waals surface area contributed by atoms with Crippen molar-refractivity contribution in [1.82, 2.24) is 5.32 Å². The third-order valence-electron chi connectivity index (χ3n) is 8.68. The normalized spacial score (nSPS) is 16.5. The molecule has 0 radical (unpaired) electrons. The summed E-state index contributed by atoms with van der Waals surface area (Å²) in [7, 11) is 3.31. The Hall–Kier alpha value is -3.45. The first-order chi connectivity index (χ1) is 20.0. The molecule has 2 aliphatic rings. The number of anilines is 1. The maximum absolute atomic E-state index is 15.0. The van der Waals surface area contributed by atoms with Crippen molar-refractivity contribution < 1.29 is 23.7 Å². The van der Waals surface area contributed by atoms with Gasteiger partial charge in [0.05, 0.1) is 14.2 Å². The van der Waals surface area contributed by atoms with Crippen LogP contribution in [-0.2, 0) is 19.4 Å². The summed E-state index contributed by atoms with van der Waals surface area (Å²) in [5.74, 6) is 2.72. The molecule has 2 N–H and O–H groups in total. The molecule has 1 fully saturated rings. The minimum Gasteiger partial charge on any atom is -0.508 e. The third kappa shape index (κ3) is 6.89. The summed E-state index contributed by atoms with van der Waals surface area (Å²) in [6.45, 7) is 5.60. The van der Waals surface area contributed by atoms with Crippen molar-refractivity contribution in [2.24, 2.45) is 5.92 Å². The zero-order chi connectivity index (χ0) is 28.8. The molecule has 0 aliphatic heterocycles. The minimum absolute atomic E-state index is 0.279. The second-order valence-electron chi connectivity index (χ2n) is 11.3. The van der Waals surface area contributed by atoms with Crippen molar-refractivity contribution >= 4 is 5.69 Å². The van der Waals surface area contributed by atoms with Crippen LogP contribution < -0.4 is 24.4 Å². The van der Waals surface area contributed by atoms with E-state index in [-0.39, 0.29) is 11.7 Å². The van der Waals surface area contributed by atoms with Crippen molar-refractivity contribution in [2.45, 2.75) is 57.9 Å². The Morgan fingerprint density at radius 1 is 0.951 bits per heavy atom. The van der Waals surface area contributed by atoms with Gasteiger partial charge in [-0.1, -0.05) is 18.6 Å². The predicted octanol–water partition coefficient (Wildman–Crippen LogP) is 6.62. The molecule has 0 heterocycles. The number of fused-ring (bicyclic) bond motifs is 1.